The molecular formula is C26H28FN5O3. The highest BCUT2D eigenvalue weighted by molar-refractivity contribution is 6.04. The minimum atomic E-state index is -0.532. The van der Waals surface area contributed by atoms with Gasteiger partial charge in [0.25, 0.3) is 0 Å². The highest BCUT2D eigenvalue weighted by Gasteiger charge is 2.36. The summed E-state index contributed by atoms with van der Waals surface area (Å²) in [6, 6.07) is 11.8. The average molecular weight is 478 g/mol. The van der Waals surface area contributed by atoms with Gasteiger partial charge in [0.05, 0.1) is 23.8 Å². The smallest absolute Gasteiger partial charge is 0.229 e. The zero-order valence-corrected chi connectivity index (χ0v) is 19.7. The number of hydrogen-bond donors (Lipinski definition) is 1. The van der Waals surface area contributed by atoms with E-state index >= 15 is 0 Å². The van der Waals surface area contributed by atoms with Crippen molar-refractivity contribution in [2.45, 2.75) is 45.6 Å². The molecule has 0 spiro atoms. The van der Waals surface area contributed by atoms with Crippen LogP contribution in [0.3, 0.4) is 0 Å². The van der Waals surface area contributed by atoms with Gasteiger partial charge in [0.15, 0.2) is 5.82 Å². The van der Waals surface area contributed by atoms with Gasteiger partial charge in [0.1, 0.15) is 17.4 Å². The number of para-hydroxylation sites is 2. The number of hydrogen-bond acceptors (Lipinski definition) is 5. The molecule has 2 aliphatic rings. The van der Waals surface area contributed by atoms with Gasteiger partial charge in [-0.25, -0.2) is 4.39 Å². The Balaban J connectivity index is 1.33. The van der Waals surface area contributed by atoms with Crippen molar-refractivity contribution in [3.63, 3.8) is 0 Å². The third kappa shape index (κ3) is 4.62. The number of amides is 2. The van der Waals surface area contributed by atoms with E-state index in [9.17, 15) is 14.0 Å². The molecule has 2 amide bonds. The molecule has 1 saturated heterocycles. The first-order valence-electron chi connectivity index (χ1n) is 12.1. The van der Waals surface area contributed by atoms with Crippen LogP contribution in [-0.4, -0.2) is 39.7 Å². The number of carbonyl (C=O) groups excluding carboxylic acids is 2. The van der Waals surface area contributed by atoms with Crippen LogP contribution in [0, 0.1) is 11.7 Å². The quantitative estimate of drug-likeness (QED) is 0.575. The second-order valence-corrected chi connectivity index (χ2v) is 8.89. The van der Waals surface area contributed by atoms with Crippen molar-refractivity contribution in [1.82, 2.24) is 14.8 Å². The van der Waals surface area contributed by atoms with Gasteiger partial charge in [-0.05, 0) is 50.1 Å². The molecule has 1 aromatic heterocycles. The van der Waals surface area contributed by atoms with Crippen LogP contribution < -0.4 is 15.0 Å². The predicted molar refractivity (Wildman–Crippen MR) is 130 cm³/mol. The first-order chi connectivity index (χ1) is 17.0. The van der Waals surface area contributed by atoms with Gasteiger partial charge in [0.2, 0.25) is 11.8 Å². The fraction of sp³-hybridized carbons (Fsp3) is 0.385. The summed E-state index contributed by atoms with van der Waals surface area (Å²) in [4.78, 5) is 27.4. The van der Waals surface area contributed by atoms with Gasteiger partial charge >= 0.3 is 0 Å². The number of benzene rings is 2. The lowest BCUT2D eigenvalue weighted by Gasteiger charge is -2.20. The third-order valence-corrected chi connectivity index (χ3v) is 6.54. The molecule has 2 aliphatic heterocycles. The van der Waals surface area contributed by atoms with E-state index < -0.39 is 11.7 Å². The van der Waals surface area contributed by atoms with E-state index in [4.69, 9.17) is 4.74 Å². The topological polar surface area (TPSA) is 89.3 Å². The second-order valence-electron chi connectivity index (χ2n) is 8.89. The molecule has 3 heterocycles. The van der Waals surface area contributed by atoms with Gasteiger partial charge in [-0.3, -0.25) is 9.59 Å². The Hall–Kier alpha value is -3.75. The van der Waals surface area contributed by atoms with Gasteiger partial charge in [-0.15, -0.1) is 10.2 Å². The van der Waals surface area contributed by atoms with E-state index in [0.717, 1.165) is 38.1 Å². The van der Waals surface area contributed by atoms with Crippen molar-refractivity contribution >= 4 is 23.2 Å². The Morgan fingerprint density at radius 3 is 2.89 bits per heavy atom. The SMILES string of the molecule is CCOc1ccccc1N1CC(C(=O)Nc2ccc(F)c(-c3nnc4n3CCCCC4)c2)CC1=O. The second kappa shape index (κ2) is 9.85. The van der Waals surface area contributed by atoms with Crippen LogP contribution in [0.4, 0.5) is 15.8 Å². The fourth-order valence-electron chi connectivity index (χ4n) is 4.78. The van der Waals surface area contributed by atoms with E-state index in [1.807, 2.05) is 35.8 Å². The third-order valence-electron chi connectivity index (χ3n) is 6.54. The van der Waals surface area contributed by atoms with E-state index in [1.54, 1.807) is 11.0 Å². The summed E-state index contributed by atoms with van der Waals surface area (Å²) in [6.07, 6.45) is 4.06. The molecule has 0 aliphatic carbocycles. The Morgan fingerprint density at radius 2 is 2.03 bits per heavy atom. The first-order valence-corrected chi connectivity index (χ1v) is 12.1. The van der Waals surface area contributed by atoms with Crippen molar-refractivity contribution in [2.24, 2.45) is 5.92 Å². The van der Waals surface area contributed by atoms with E-state index in [-0.39, 0.29) is 24.8 Å². The predicted octanol–water partition coefficient (Wildman–Crippen LogP) is 4.20. The number of halogens is 1. The van der Waals surface area contributed by atoms with Gasteiger partial charge < -0.3 is 19.5 Å². The Bertz CT molecular complexity index is 1260. The lowest BCUT2D eigenvalue weighted by atomic mass is 10.1. The van der Waals surface area contributed by atoms with Crippen molar-refractivity contribution in [3.05, 3.63) is 54.1 Å². The largest absolute Gasteiger partial charge is 0.492 e. The first kappa shape index (κ1) is 23.0. The van der Waals surface area contributed by atoms with Crippen LogP contribution in [0.1, 0.15) is 38.4 Å². The average Bonchev–Trinajstić information content (AvgIpc) is 3.36. The summed E-state index contributed by atoms with van der Waals surface area (Å²) in [6.45, 7) is 3.36. The van der Waals surface area contributed by atoms with Crippen molar-refractivity contribution in [1.29, 1.82) is 0 Å². The monoisotopic (exact) mass is 477 g/mol. The lowest BCUT2D eigenvalue weighted by molar-refractivity contribution is -0.122. The van der Waals surface area contributed by atoms with Crippen molar-refractivity contribution in [2.75, 3.05) is 23.4 Å². The van der Waals surface area contributed by atoms with Gasteiger partial charge in [-0.1, -0.05) is 18.6 Å². The maximum absolute atomic E-state index is 14.8. The molecule has 1 N–H and O–H groups in total. The van der Waals surface area contributed by atoms with Crippen molar-refractivity contribution in [3.8, 4) is 17.1 Å². The number of anilines is 2. The number of ether oxygens (including phenoxy) is 1. The molecule has 2 aromatic carbocycles. The molecule has 0 bridgehead atoms. The van der Waals surface area contributed by atoms with Crippen LogP contribution >= 0.6 is 0 Å². The summed E-state index contributed by atoms with van der Waals surface area (Å²) < 4.78 is 22.4. The molecule has 1 fully saturated rings. The summed E-state index contributed by atoms with van der Waals surface area (Å²) in [5.41, 5.74) is 1.42. The summed E-state index contributed by atoms with van der Waals surface area (Å²) in [5.74, 6) is 0.580. The fourth-order valence-corrected chi connectivity index (χ4v) is 4.78. The zero-order valence-electron chi connectivity index (χ0n) is 19.7. The highest BCUT2D eigenvalue weighted by Crippen LogP contribution is 2.34. The summed E-state index contributed by atoms with van der Waals surface area (Å²) in [5, 5.41) is 11.4. The number of nitrogens with zero attached hydrogens (tertiary/aromatic N) is 4. The standard InChI is InChI=1S/C26H28FN5O3/c1-2-35-22-9-6-5-8-21(22)32-16-17(14-24(32)33)26(34)28-18-11-12-20(27)19(15-18)25-30-29-23-10-4-3-7-13-31(23)25/h5-6,8-9,11-12,15,17H,2-4,7,10,13-14,16H2,1H3,(H,28,34). The Labute approximate surface area is 203 Å². The molecule has 35 heavy (non-hydrogen) atoms. The molecule has 0 saturated carbocycles. The van der Waals surface area contributed by atoms with Crippen LogP contribution in [0.25, 0.3) is 11.4 Å². The summed E-state index contributed by atoms with van der Waals surface area (Å²) >= 11 is 0. The van der Waals surface area contributed by atoms with Crippen molar-refractivity contribution < 1.29 is 18.7 Å². The van der Waals surface area contributed by atoms with Crippen LogP contribution in [0.5, 0.6) is 5.75 Å². The zero-order chi connectivity index (χ0) is 24.4. The highest BCUT2D eigenvalue weighted by atomic mass is 19.1. The Morgan fingerprint density at radius 1 is 1.17 bits per heavy atom. The maximum atomic E-state index is 14.8. The van der Waals surface area contributed by atoms with E-state index in [2.05, 4.69) is 15.5 Å². The number of aryl methyl sites for hydroxylation is 1. The summed E-state index contributed by atoms with van der Waals surface area (Å²) in [7, 11) is 0. The molecule has 3 aromatic rings. The number of rotatable bonds is 6. The van der Waals surface area contributed by atoms with E-state index in [0.29, 0.717) is 35.1 Å². The molecule has 9 heteroatoms. The molecule has 1 atom stereocenters. The minimum Gasteiger partial charge on any atom is -0.492 e. The van der Waals surface area contributed by atoms with Crippen LogP contribution in [-0.2, 0) is 22.6 Å². The molecular weight excluding hydrogens is 449 g/mol. The molecule has 8 nitrogen and oxygen atoms in total. The number of carbonyl (C=O) groups is 2. The van der Waals surface area contributed by atoms with Crippen LogP contribution in [0.15, 0.2) is 42.5 Å². The minimum absolute atomic E-state index is 0.0953. The number of aromatic nitrogens is 3. The maximum Gasteiger partial charge on any atom is 0.229 e. The molecule has 0 radical (unpaired) electrons. The van der Waals surface area contributed by atoms with Crippen LogP contribution in [0.2, 0.25) is 0 Å². The lowest BCUT2D eigenvalue weighted by Crippen LogP contribution is -2.28. The van der Waals surface area contributed by atoms with Gasteiger partial charge in [0, 0.05) is 31.6 Å². The Kier molecular flexibility index (Phi) is 6.48. The van der Waals surface area contributed by atoms with E-state index in [1.165, 1.54) is 12.1 Å². The van der Waals surface area contributed by atoms with Gasteiger partial charge in [-0.2, -0.15) is 0 Å². The molecule has 182 valence electrons. The number of nitrogens with one attached hydrogen (secondary N) is 1. The normalized spacial score (nSPS) is 17.7. The number of fused-ring (bicyclic) bond motifs is 1. The molecule has 1 unspecified atom stereocenters. The molecule has 5 rings (SSSR count).